The third-order valence-corrected chi connectivity index (χ3v) is 11.8. The highest BCUT2D eigenvalue weighted by atomic mass is 16.4. The number of likely N-dealkylation sites (N-methyl/N-ethyl adjacent to an activating group) is 1. The molecule has 10 N–H and O–H groups in total. The van der Waals surface area contributed by atoms with Crippen molar-refractivity contribution >= 4 is 52.4 Å². The van der Waals surface area contributed by atoms with Crippen LogP contribution in [0.3, 0.4) is 0 Å². The van der Waals surface area contributed by atoms with Gasteiger partial charge >= 0.3 is 5.97 Å². The van der Waals surface area contributed by atoms with Crippen molar-refractivity contribution < 1.29 is 53.3 Å². The number of carboxylic acids is 1. The molecule has 0 saturated heterocycles. The van der Waals surface area contributed by atoms with Gasteiger partial charge in [-0.1, -0.05) is 56.7 Å². The largest absolute Gasteiger partial charge is 0.508 e. The maximum Gasteiger partial charge on any atom is 0.336 e. The number of aliphatic hydroxyl groups excluding tert-OH is 1. The van der Waals surface area contributed by atoms with E-state index in [0.717, 1.165) is 5.56 Å². The Morgan fingerprint density at radius 1 is 0.708 bits per heavy atom. The fourth-order valence-electron chi connectivity index (χ4n) is 8.24. The molecule has 72 heavy (non-hydrogen) atoms. The summed E-state index contributed by atoms with van der Waals surface area (Å²) in [6.45, 7) is 5.52. The predicted molar refractivity (Wildman–Crippen MR) is 270 cm³/mol. The van der Waals surface area contributed by atoms with E-state index in [1.807, 2.05) is 44.2 Å². The lowest BCUT2D eigenvalue weighted by atomic mass is 9.90. The van der Waals surface area contributed by atoms with E-state index in [4.69, 9.17) is 4.42 Å². The van der Waals surface area contributed by atoms with Gasteiger partial charge in [0.05, 0.1) is 18.2 Å². The van der Waals surface area contributed by atoms with Crippen LogP contribution in [0.25, 0.3) is 33.4 Å². The van der Waals surface area contributed by atoms with Gasteiger partial charge in [0.15, 0.2) is 5.43 Å². The van der Waals surface area contributed by atoms with Crippen LogP contribution in [-0.2, 0) is 30.4 Å². The lowest BCUT2D eigenvalue weighted by molar-refractivity contribution is -0.131. The van der Waals surface area contributed by atoms with Crippen molar-refractivity contribution in [2.75, 3.05) is 26.7 Å². The van der Waals surface area contributed by atoms with Crippen molar-refractivity contribution in [2.24, 2.45) is 5.92 Å². The molecule has 0 spiro atoms. The third-order valence-electron chi connectivity index (χ3n) is 11.8. The zero-order chi connectivity index (χ0) is 52.3. The van der Waals surface area contributed by atoms with Gasteiger partial charge in [-0.15, -0.1) is 0 Å². The molecule has 1 heterocycles. The fourth-order valence-corrected chi connectivity index (χ4v) is 8.24. The Bertz CT molecular complexity index is 2730. The lowest BCUT2D eigenvalue weighted by Gasteiger charge is -2.26. The van der Waals surface area contributed by atoms with E-state index in [1.165, 1.54) is 62.5 Å². The van der Waals surface area contributed by atoms with Crippen LogP contribution in [0.5, 0.6) is 5.75 Å². The van der Waals surface area contributed by atoms with Gasteiger partial charge < -0.3 is 51.6 Å². The second-order valence-electron chi connectivity index (χ2n) is 18.0. The first-order valence-electron chi connectivity index (χ1n) is 24.1. The Hall–Kier alpha value is -7.64. The number of amides is 6. The molecule has 384 valence electrons. The van der Waals surface area contributed by atoms with Crippen molar-refractivity contribution in [1.82, 2.24) is 37.2 Å². The highest BCUT2D eigenvalue weighted by Gasteiger charge is 2.29. The first-order chi connectivity index (χ1) is 34.4. The molecule has 3 aromatic rings. The minimum atomic E-state index is -1.39. The summed E-state index contributed by atoms with van der Waals surface area (Å²) in [6.07, 6.45) is 2.00. The summed E-state index contributed by atoms with van der Waals surface area (Å²) in [4.78, 5) is 102. The zero-order valence-corrected chi connectivity index (χ0v) is 41.0. The summed E-state index contributed by atoms with van der Waals surface area (Å²) in [7, 11) is 1.47. The SMILES string of the molecule is CNC(=O)[C@H](Cc1ccccc1)NC(=O)[C@H](CCCCNC(C)=O)NC(O)CNC(=O)[C@H](CC(C)C)NC(=O)CCCCCNC(=O)c1ccc(-c2c3ccc(=O)cc-3oc3cc(O)ccc23)c(C(=O)O)c1. The van der Waals surface area contributed by atoms with Crippen molar-refractivity contribution in [2.45, 2.75) is 103 Å². The second kappa shape index (κ2) is 27.1. The molecular formula is C53H65N7O12. The van der Waals surface area contributed by atoms with E-state index in [-0.39, 0.29) is 89.3 Å². The molecule has 0 bridgehead atoms. The van der Waals surface area contributed by atoms with E-state index in [1.54, 1.807) is 6.07 Å². The first-order valence-corrected chi connectivity index (χ1v) is 24.1. The molecule has 0 aromatic heterocycles. The molecule has 0 saturated carbocycles. The van der Waals surface area contributed by atoms with E-state index in [9.17, 15) is 53.7 Å². The van der Waals surface area contributed by atoms with Gasteiger partial charge in [-0.25, -0.2) is 4.79 Å². The Labute approximate surface area is 417 Å². The van der Waals surface area contributed by atoms with Crippen LogP contribution in [0.2, 0.25) is 0 Å². The Balaban J connectivity index is 1.11. The number of aromatic hydroxyl groups is 1. The number of fused-ring (bicyclic) bond motifs is 2. The van der Waals surface area contributed by atoms with Gasteiger partial charge in [0.1, 0.15) is 35.4 Å². The first kappa shape index (κ1) is 55.3. The number of aliphatic hydroxyl groups is 1. The smallest absolute Gasteiger partial charge is 0.336 e. The minimum Gasteiger partial charge on any atom is -0.508 e. The third kappa shape index (κ3) is 16.5. The maximum absolute atomic E-state index is 13.6. The Morgan fingerprint density at radius 3 is 2.14 bits per heavy atom. The number of phenolic OH excluding ortho intramolecular Hbond substituents is 1. The molecule has 4 atom stereocenters. The number of rotatable bonds is 27. The zero-order valence-electron chi connectivity index (χ0n) is 41.0. The molecule has 0 radical (unpaired) electrons. The van der Waals surface area contributed by atoms with Crippen LogP contribution < -0.4 is 42.6 Å². The number of benzene rings is 4. The second-order valence-corrected chi connectivity index (χ2v) is 18.0. The van der Waals surface area contributed by atoms with Crippen LogP contribution >= 0.6 is 0 Å². The van der Waals surface area contributed by atoms with E-state index in [0.29, 0.717) is 61.6 Å². The molecule has 5 rings (SSSR count). The van der Waals surface area contributed by atoms with Gasteiger partial charge in [0, 0.05) is 74.1 Å². The number of aromatic carboxylic acids is 1. The molecule has 1 unspecified atom stereocenters. The molecule has 6 amide bonds. The number of carboxylic acid groups (broad SMARTS) is 1. The average Bonchev–Trinajstić information content (AvgIpc) is 3.34. The number of hydrogen-bond acceptors (Lipinski definition) is 12. The number of carbonyl (C=O) groups excluding carboxylic acids is 6. The maximum atomic E-state index is 13.6. The van der Waals surface area contributed by atoms with Crippen LogP contribution in [-0.4, -0.2) is 108 Å². The molecule has 19 nitrogen and oxygen atoms in total. The van der Waals surface area contributed by atoms with Crippen molar-refractivity contribution in [1.29, 1.82) is 0 Å². The highest BCUT2D eigenvalue weighted by Crippen LogP contribution is 2.42. The molecule has 0 fully saturated rings. The predicted octanol–water partition coefficient (Wildman–Crippen LogP) is 3.96. The quantitative estimate of drug-likeness (QED) is 0.0203. The van der Waals surface area contributed by atoms with Gasteiger partial charge in [-0.3, -0.25) is 38.9 Å². The molecule has 1 aliphatic heterocycles. The molecular weight excluding hydrogens is 927 g/mol. The van der Waals surface area contributed by atoms with Gasteiger partial charge in [0.2, 0.25) is 29.5 Å². The monoisotopic (exact) mass is 991 g/mol. The van der Waals surface area contributed by atoms with Gasteiger partial charge in [0.25, 0.3) is 5.91 Å². The Kier molecular flexibility index (Phi) is 20.8. The van der Waals surface area contributed by atoms with Crippen molar-refractivity contribution in [3.63, 3.8) is 0 Å². The number of phenols is 1. The van der Waals surface area contributed by atoms with Crippen LogP contribution in [0, 0.1) is 5.92 Å². The highest BCUT2D eigenvalue weighted by molar-refractivity contribution is 6.09. The molecule has 1 aliphatic carbocycles. The summed E-state index contributed by atoms with van der Waals surface area (Å²) in [5.41, 5.74) is 1.88. The van der Waals surface area contributed by atoms with Crippen LogP contribution in [0.1, 0.15) is 98.4 Å². The average molecular weight is 992 g/mol. The molecule has 3 aromatic carbocycles. The Morgan fingerprint density at radius 2 is 1.43 bits per heavy atom. The summed E-state index contributed by atoms with van der Waals surface area (Å²) in [6, 6.07) is 19.2. The number of nitrogens with one attached hydrogen (secondary N) is 7. The fraction of sp³-hybridized carbons (Fsp3) is 0.396. The summed E-state index contributed by atoms with van der Waals surface area (Å²) in [5, 5.41) is 51.1. The lowest BCUT2D eigenvalue weighted by Crippen LogP contribution is -2.57. The van der Waals surface area contributed by atoms with Crippen LogP contribution in [0.4, 0.5) is 0 Å². The number of unbranched alkanes of at least 4 members (excludes halogenated alkanes) is 3. The van der Waals surface area contributed by atoms with Crippen LogP contribution in [0.15, 0.2) is 94.1 Å². The van der Waals surface area contributed by atoms with E-state index in [2.05, 4.69) is 37.2 Å². The summed E-state index contributed by atoms with van der Waals surface area (Å²) in [5.74, 6) is -3.68. The van der Waals surface area contributed by atoms with E-state index < -0.39 is 54.0 Å². The molecule has 19 heteroatoms. The standard InChI is InChI=1S/C53H65N7O12/c1-31(2)25-42(51(68)57-30-47(65)58-41(15-10-12-23-55-32(3)61)52(69)60-43(50(67)54-4)26-33-13-7-5-8-14-33)59-46(64)16-9-6-11-24-56-49(66)34-17-20-37(40(27-34)53(70)71)48-38-21-18-35(62)28-44(38)72-45-29-36(63)19-22-39(45)48/h5,7-8,13-14,17-22,27-29,31,41-43,47,58,62,65H,6,9-12,15-16,23-26,30H2,1-4H3,(H,54,67)(H,55,61)(H,56,66)(H,57,68)(H,59,64)(H,60,69)(H,70,71)/t41-,42-,43-,47?/m0/s1. The summed E-state index contributed by atoms with van der Waals surface area (Å²) < 4.78 is 5.89. The topological polar surface area (TPSA) is 295 Å². The number of carbonyl (C=O) groups is 7. The summed E-state index contributed by atoms with van der Waals surface area (Å²) >= 11 is 0. The number of hydrogen-bond donors (Lipinski definition) is 10. The van der Waals surface area contributed by atoms with Crippen molar-refractivity contribution in [3.05, 3.63) is 112 Å². The van der Waals surface area contributed by atoms with E-state index >= 15 is 0 Å². The minimum absolute atomic E-state index is 0.0165. The molecule has 2 aliphatic rings. The van der Waals surface area contributed by atoms with Crippen molar-refractivity contribution in [3.8, 4) is 28.2 Å². The van der Waals surface area contributed by atoms with Gasteiger partial charge in [-0.05, 0) is 92.0 Å². The van der Waals surface area contributed by atoms with Gasteiger partial charge in [-0.2, -0.15) is 0 Å². The normalized spacial score (nSPS) is 12.9.